The number of nitrogens with one attached hydrogen (secondary N) is 1. The lowest BCUT2D eigenvalue weighted by atomic mass is 10.1. The summed E-state index contributed by atoms with van der Waals surface area (Å²) >= 11 is 0. The summed E-state index contributed by atoms with van der Waals surface area (Å²) in [5.74, 6) is -1.03. The number of nitriles is 1. The largest absolute Gasteiger partial charge is 0.321 e. The maximum atomic E-state index is 13.6. The van der Waals surface area contributed by atoms with Crippen molar-refractivity contribution in [2.75, 3.05) is 5.32 Å². The lowest BCUT2D eigenvalue weighted by Gasteiger charge is -2.08. The van der Waals surface area contributed by atoms with Crippen LogP contribution in [0.25, 0.3) is 6.08 Å². The number of carbonyl (C=O) groups excluding carboxylic acids is 1. The second-order valence-corrected chi connectivity index (χ2v) is 4.96. The molecule has 2 aromatic rings. The zero-order valence-electron chi connectivity index (χ0n) is 12.4. The first-order valence-electron chi connectivity index (χ1n) is 6.76. The Morgan fingerprint density at radius 2 is 1.95 bits per heavy atom. The van der Waals surface area contributed by atoms with Crippen molar-refractivity contribution in [2.24, 2.45) is 0 Å². The van der Waals surface area contributed by atoms with Gasteiger partial charge in [-0.2, -0.15) is 5.26 Å². The van der Waals surface area contributed by atoms with Crippen LogP contribution in [0.2, 0.25) is 0 Å². The molecule has 0 aromatic heterocycles. The fourth-order valence-corrected chi connectivity index (χ4v) is 2.04. The molecule has 1 amide bonds. The molecule has 4 heteroatoms. The Morgan fingerprint density at radius 3 is 2.59 bits per heavy atom. The van der Waals surface area contributed by atoms with Crippen molar-refractivity contribution < 1.29 is 9.18 Å². The minimum Gasteiger partial charge on any atom is -0.321 e. The number of benzene rings is 2. The van der Waals surface area contributed by atoms with Crippen LogP contribution in [-0.4, -0.2) is 5.91 Å². The minimum absolute atomic E-state index is 0.148. The van der Waals surface area contributed by atoms with Crippen LogP contribution in [-0.2, 0) is 4.79 Å². The summed E-state index contributed by atoms with van der Waals surface area (Å²) in [6.45, 7) is 3.83. The Balaban J connectivity index is 2.27. The Bertz CT molecular complexity index is 788. The van der Waals surface area contributed by atoms with Crippen LogP contribution in [0.1, 0.15) is 16.7 Å². The molecule has 0 bridgehead atoms. The first kappa shape index (κ1) is 15.5. The summed E-state index contributed by atoms with van der Waals surface area (Å²) in [6.07, 6.45) is 1.24. The van der Waals surface area contributed by atoms with E-state index in [0.29, 0.717) is 5.69 Å². The predicted octanol–water partition coefficient (Wildman–Crippen LogP) is 3.99. The number of hydrogen-bond acceptors (Lipinski definition) is 2. The van der Waals surface area contributed by atoms with Gasteiger partial charge in [0, 0.05) is 11.3 Å². The molecule has 3 nitrogen and oxygen atoms in total. The van der Waals surface area contributed by atoms with E-state index in [1.54, 1.807) is 18.2 Å². The van der Waals surface area contributed by atoms with Crippen LogP contribution in [0.5, 0.6) is 0 Å². The molecule has 0 aliphatic rings. The van der Waals surface area contributed by atoms with E-state index in [-0.39, 0.29) is 11.1 Å². The van der Waals surface area contributed by atoms with Crippen molar-refractivity contribution in [3.63, 3.8) is 0 Å². The number of aryl methyl sites for hydroxylation is 2. The highest BCUT2D eigenvalue weighted by atomic mass is 19.1. The lowest BCUT2D eigenvalue weighted by molar-refractivity contribution is -0.112. The van der Waals surface area contributed by atoms with Crippen molar-refractivity contribution in [1.82, 2.24) is 0 Å². The number of carbonyl (C=O) groups is 1. The summed E-state index contributed by atoms with van der Waals surface area (Å²) in [4.78, 5) is 12.2. The smallest absolute Gasteiger partial charge is 0.266 e. The van der Waals surface area contributed by atoms with Crippen molar-refractivity contribution >= 4 is 17.7 Å². The average Bonchev–Trinajstić information content (AvgIpc) is 2.49. The van der Waals surface area contributed by atoms with Crippen molar-refractivity contribution in [1.29, 1.82) is 5.26 Å². The molecule has 2 aromatic carbocycles. The fraction of sp³-hybridized carbons (Fsp3) is 0.111. The van der Waals surface area contributed by atoms with E-state index in [9.17, 15) is 9.18 Å². The maximum absolute atomic E-state index is 13.6. The zero-order chi connectivity index (χ0) is 16.1. The quantitative estimate of drug-likeness (QED) is 0.687. The standard InChI is InChI=1S/C18H15FN2O/c1-12-7-8-17(13(2)9-12)21-18(22)15(11-20)10-14-5-3-4-6-16(14)19/h3-10H,1-2H3,(H,21,22)/b15-10+. The molecule has 22 heavy (non-hydrogen) atoms. The average molecular weight is 294 g/mol. The Labute approximate surface area is 128 Å². The highest BCUT2D eigenvalue weighted by Crippen LogP contribution is 2.18. The Hall–Kier alpha value is -2.93. The van der Waals surface area contributed by atoms with Gasteiger partial charge in [0.05, 0.1) is 0 Å². The number of anilines is 1. The predicted molar refractivity (Wildman–Crippen MR) is 84.5 cm³/mol. The molecular formula is C18H15FN2O. The topological polar surface area (TPSA) is 52.9 Å². The fourth-order valence-electron chi connectivity index (χ4n) is 2.04. The molecule has 0 heterocycles. The van der Waals surface area contributed by atoms with Crippen molar-refractivity contribution in [3.05, 3.63) is 70.5 Å². The van der Waals surface area contributed by atoms with Crippen LogP contribution < -0.4 is 5.32 Å². The molecule has 0 spiro atoms. The molecule has 110 valence electrons. The number of hydrogen-bond donors (Lipinski definition) is 1. The Morgan fingerprint density at radius 1 is 1.23 bits per heavy atom. The van der Waals surface area contributed by atoms with Gasteiger partial charge in [-0.3, -0.25) is 4.79 Å². The second kappa shape index (κ2) is 6.68. The highest BCUT2D eigenvalue weighted by Gasteiger charge is 2.11. The van der Waals surface area contributed by atoms with Gasteiger partial charge in [0.1, 0.15) is 17.5 Å². The van der Waals surface area contributed by atoms with Crippen LogP contribution in [0, 0.1) is 31.0 Å². The molecule has 0 saturated heterocycles. The van der Waals surface area contributed by atoms with Crippen molar-refractivity contribution in [3.8, 4) is 6.07 Å². The summed E-state index contributed by atoms with van der Waals surface area (Å²) < 4.78 is 13.6. The van der Waals surface area contributed by atoms with Gasteiger partial charge in [-0.15, -0.1) is 0 Å². The number of amides is 1. The van der Waals surface area contributed by atoms with Gasteiger partial charge < -0.3 is 5.32 Å². The SMILES string of the molecule is Cc1ccc(NC(=O)/C(C#N)=C/c2ccccc2F)c(C)c1. The molecule has 0 atom stereocenters. The highest BCUT2D eigenvalue weighted by molar-refractivity contribution is 6.09. The van der Waals surface area contributed by atoms with Crippen LogP contribution in [0.3, 0.4) is 0 Å². The van der Waals surface area contributed by atoms with E-state index in [0.717, 1.165) is 11.1 Å². The number of halogens is 1. The van der Waals surface area contributed by atoms with Gasteiger partial charge in [0.15, 0.2) is 0 Å². The van der Waals surface area contributed by atoms with E-state index in [1.165, 1.54) is 18.2 Å². The second-order valence-electron chi connectivity index (χ2n) is 4.96. The molecule has 0 radical (unpaired) electrons. The van der Waals surface area contributed by atoms with E-state index < -0.39 is 11.7 Å². The van der Waals surface area contributed by atoms with Crippen LogP contribution >= 0.6 is 0 Å². The third-order valence-corrected chi connectivity index (χ3v) is 3.20. The summed E-state index contributed by atoms with van der Waals surface area (Å²) in [6, 6.07) is 13.4. The molecule has 0 fully saturated rings. The minimum atomic E-state index is -0.558. The van der Waals surface area contributed by atoms with E-state index >= 15 is 0 Å². The molecule has 0 aliphatic carbocycles. The van der Waals surface area contributed by atoms with Gasteiger partial charge in [-0.1, -0.05) is 35.9 Å². The van der Waals surface area contributed by atoms with Gasteiger partial charge in [-0.25, -0.2) is 4.39 Å². The van der Waals surface area contributed by atoms with Gasteiger partial charge in [-0.05, 0) is 37.6 Å². The monoisotopic (exact) mass is 294 g/mol. The first-order valence-corrected chi connectivity index (χ1v) is 6.76. The molecule has 0 saturated carbocycles. The summed E-state index contributed by atoms with van der Waals surface area (Å²) in [5.41, 5.74) is 2.67. The van der Waals surface area contributed by atoms with Crippen molar-refractivity contribution in [2.45, 2.75) is 13.8 Å². The maximum Gasteiger partial charge on any atom is 0.266 e. The molecule has 0 unspecified atom stereocenters. The number of nitrogens with zero attached hydrogens (tertiary/aromatic N) is 1. The first-order chi connectivity index (χ1) is 10.5. The zero-order valence-corrected chi connectivity index (χ0v) is 12.4. The van der Waals surface area contributed by atoms with Gasteiger partial charge >= 0.3 is 0 Å². The van der Waals surface area contributed by atoms with Crippen LogP contribution in [0.4, 0.5) is 10.1 Å². The van der Waals surface area contributed by atoms with Gasteiger partial charge in [0.2, 0.25) is 0 Å². The molecule has 0 aliphatic heterocycles. The lowest BCUT2D eigenvalue weighted by Crippen LogP contribution is -2.14. The molecule has 1 N–H and O–H groups in total. The Kier molecular flexibility index (Phi) is 4.70. The third-order valence-electron chi connectivity index (χ3n) is 3.20. The number of rotatable bonds is 3. The van der Waals surface area contributed by atoms with Crippen LogP contribution in [0.15, 0.2) is 48.0 Å². The van der Waals surface area contributed by atoms with E-state index in [4.69, 9.17) is 5.26 Å². The summed E-state index contributed by atoms with van der Waals surface area (Å²) in [7, 11) is 0. The van der Waals surface area contributed by atoms with E-state index in [2.05, 4.69) is 5.32 Å². The summed E-state index contributed by atoms with van der Waals surface area (Å²) in [5, 5.41) is 11.8. The normalized spacial score (nSPS) is 10.9. The molecule has 2 rings (SSSR count). The van der Waals surface area contributed by atoms with E-state index in [1.807, 2.05) is 32.0 Å². The third kappa shape index (κ3) is 3.58. The van der Waals surface area contributed by atoms with Gasteiger partial charge in [0.25, 0.3) is 5.91 Å². The molecular weight excluding hydrogens is 279 g/mol.